The van der Waals surface area contributed by atoms with E-state index in [4.69, 9.17) is 4.74 Å². The monoisotopic (exact) mass is 497 g/mol. The number of carbonyl (C=O) groups is 4. The summed E-state index contributed by atoms with van der Waals surface area (Å²) < 4.78 is 5.58. The Morgan fingerprint density at radius 1 is 0.946 bits per heavy atom. The summed E-state index contributed by atoms with van der Waals surface area (Å²) in [6.45, 7) is -0.356. The lowest BCUT2D eigenvalue weighted by Crippen LogP contribution is -2.32. The van der Waals surface area contributed by atoms with Gasteiger partial charge in [-0.1, -0.05) is 54.6 Å². The van der Waals surface area contributed by atoms with Gasteiger partial charge in [-0.25, -0.2) is 0 Å². The van der Waals surface area contributed by atoms with Crippen LogP contribution in [0.4, 0.5) is 5.69 Å². The van der Waals surface area contributed by atoms with Crippen LogP contribution in [-0.2, 0) is 9.53 Å². The lowest BCUT2D eigenvalue weighted by molar-refractivity contribution is -0.385. The zero-order valence-electron chi connectivity index (χ0n) is 19.2. The molecule has 10 heteroatoms. The molecule has 0 saturated carbocycles. The van der Waals surface area contributed by atoms with E-state index in [2.05, 4.69) is 4.98 Å². The zero-order valence-corrected chi connectivity index (χ0v) is 19.2. The average Bonchev–Trinajstić information content (AvgIpc) is 3.45. The highest BCUT2D eigenvalue weighted by molar-refractivity contribution is 6.23. The van der Waals surface area contributed by atoms with Crippen LogP contribution in [0.2, 0.25) is 0 Å². The van der Waals surface area contributed by atoms with Crippen molar-refractivity contribution in [1.29, 1.82) is 0 Å². The fraction of sp³-hybridized carbons (Fsp3) is 0.111. The molecule has 1 aliphatic rings. The third-order valence-corrected chi connectivity index (χ3v) is 6.16. The van der Waals surface area contributed by atoms with Crippen LogP contribution in [0.1, 0.15) is 49.2 Å². The van der Waals surface area contributed by atoms with Gasteiger partial charge in [0.25, 0.3) is 17.5 Å². The molecule has 0 radical (unpaired) electrons. The number of benzene rings is 3. The molecule has 4 aromatic rings. The zero-order chi connectivity index (χ0) is 26.1. The number of Topliss-reactive ketones (excluding diaryl/α,β-unsaturated/α-hetero) is 1. The van der Waals surface area contributed by atoms with Crippen molar-refractivity contribution in [2.24, 2.45) is 0 Å². The minimum atomic E-state index is -1.25. The first-order valence-corrected chi connectivity index (χ1v) is 11.3. The SMILES string of the molecule is O=C(CCN1C(=O)c2cccc([N+](=O)[O-])c2C1=O)OC(C(=O)c1c[nH]c2ccccc12)c1ccccc1. The van der Waals surface area contributed by atoms with Crippen molar-refractivity contribution in [3.8, 4) is 0 Å². The van der Waals surface area contributed by atoms with Gasteiger partial charge >= 0.3 is 5.97 Å². The number of ether oxygens (including phenoxy) is 1. The van der Waals surface area contributed by atoms with E-state index in [0.717, 1.165) is 16.5 Å². The summed E-state index contributed by atoms with van der Waals surface area (Å²) in [4.78, 5) is 66.2. The second-order valence-electron chi connectivity index (χ2n) is 8.36. The van der Waals surface area contributed by atoms with Gasteiger partial charge < -0.3 is 9.72 Å². The van der Waals surface area contributed by atoms with Crippen LogP contribution in [0.15, 0.2) is 79.0 Å². The van der Waals surface area contributed by atoms with Gasteiger partial charge in [0.1, 0.15) is 5.56 Å². The highest BCUT2D eigenvalue weighted by Crippen LogP contribution is 2.31. The second kappa shape index (κ2) is 9.50. The van der Waals surface area contributed by atoms with E-state index in [9.17, 15) is 29.3 Å². The molecule has 37 heavy (non-hydrogen) atoms. The van der Waals surface area contributed by atoms with E-state index >= 15 is 0 Å². The summed E-state index contributed by atoms with van der Waals surface area (Å²) in [5, 5.41) is 12.0. The minimum Gasteiger partial charge on any atom is -0.449 e. The summed E-state index contributed by atoms with van der Waals surface area (Å²) in [6.07, 6.45) is -0.0946. The van der Waals surface area contributed by atoms with Crippen LogP contribution >= 0.6 is 0 Å². The summed E-state index contributed by atoms with van der Waals surface area (Å²) in [5.41, 5.74) is 0.692. The van der Waals surface area contributed by atoms with Gasteiger partial charge in [-0.2, -0.15) is 0 Å². The summed E-state index contributed by atoms with van der Waals surface area (Å²) in [7, 11) is 0. The number of aromatic amines is 1. The molecule has 1 N–H and O–H groups in total. The number of esters is 1. The number of carbonyl (C=O) groups excluding carboxylic acids is 4. The standard InChI is InChI=1S/C27H19N3O7/c31-22(13-14-29-26(33)18-10-6-12-21(30(35)36)23(18)27(29)34)37-25(16-7-2-1-3-8-16)24(32)19-15-28-20-11-5-4-9-17(19)20/h1-12,15,25,28H,13-14H2. The third kappa shape index (κ3) is 4.25. The molecule has 1 atom stereocenters. The van der Waals surface area contributed by atoms with Crippen molar-refractivity contribution in [3.63, 3.8) is 0 Å². The Kier molecular flexibility index (Phi) is 6.06. The van der Waals surface area contributed by atoms with Gasteiger partial charge in [0.15, 0.2) is 6.10 Å². The number of nitrogens with one attached hydrogen (secondary N) is 1. The predicted molar refractivity (Wildman–Crippen MR) is 131 cm³/mol. The molecule has 2 heterocycles. The largest absolute Gasteiger partial charge is 0.449 e. The number of imide groups is 1. The number of H-pyrrole nitrogens is 1. The smallest absolute Gasteiger partial charge is 0.308 e. The molecule has 0 fully saturated rings. The van der Waals surface area contributed by atoms with E-state index in [0.29, 0.717) is 16.5 Å². The third-order valence-electron chi connectivity index (χ3n) is 6.16. The average molecular weight is 497 g/mol. The van der Waals surface area contributed by atoms with Crippen molar-refractivity contribution >= 4 is 40.2 Å². The number of nitrogens with zero attached hydrogens (tertiary/aromatic N) is 2. The van der Waals surface area contributed by atoms with Gasteiger partial charge in [-0.05, 0) is 12.1 Å². The van der Waals surface area contributed by atoms with Gasteiger partial charge in [-0.15, -0.1) is 0 Å². The molecule has 10 nitrogen and oxygen atoms in total. The Balaban J connectivity index is 1.35. The Labute approximate surface area is 209 Å². The fourth-order valence-corrected chi connectivity index (χ4v) is 4.38. The van der Waals surface area contributed by atoms with E-state index in [1.54, 1.807) is 48.7 Å². The minimum absolute atomic E-state index is 0.0933. The van der Waals surface area contributed by atoms with Crippen LogP contribution in [0.25, 0.3) is 10.9 Å². The fourth-order valence-electron chi connectivity index (χ4n) is 4.38. The number of hydrogen-bond donors (Lipinski definition) is 1. The molecule has 2 amide bonds. The van der Waals surface area contributed by atoms with Crippen LogP contribution in [0.3, 0.4) is 0 Å². The number of rotatable bonds is 8. The number of para-hydroxylation sites is 1. The lowest BCUT2D eigenvalue weighted by Gasteiger charge is -2.18. The van der Waals surface area contributed by atoms with Crippen LogP contribution < -0.4 is 0 Å². The topological polar surface area (TPSA) is 140 Å². The number of amides is 2. The van der Waals surface area contributed by atoms with Crippen molar-refractivity contribution in [3.05, 3.63) is 111 Å². The Hall–Kier alpha value is -5.12. The molecule has 0 bridgehead atoms. The second-order valence-corrected chi connectivity index (χ2v) is 8.36. The summed E-state index contributed by atoms with van der Waals surface area (Å²) in [5.74, 6) is -2.83. The molecule has 0 saturated heterocycles. The maximum Gasteiger partial charge on any atom is 0.308 e. The van der Waals surface area contributed by atoms with Crippen molar-refractivity contribution in [1.82, 2.24) is 9.88 Å². The molecule has 0 spiro atoms. The van der Waals surface area contributed by atoms with Crippen LogP contribution in [-0.4, -0.2) is 44.9 Å². The number of ketones is 1. The lowest BCUT2D eigenvalue weighted by atomic mass is 9.99. The van der Waals surface area contributed by atoms with E-state index in [1.807, 2.05) is 12.1 Å². The maximum atomic E-state index is 13.5. The first-order valence-electron chi connectivity index (χ1n) is 11.3. The number of fused-ring (bicyclic) bond motifs is 2. The predicted octanol–water partition coefficient (Wildman–Crippen LogP) is 4.23. The van der Waals surface area contributed by atoms with E-state index < -0.39 is 46.7 Å². The maximum absolute atomic E-state index is 13.5. The number of nitro benzene ring substituents is 1. The molecule has 5 rings (SSSR count). The first kappa shape index (κ1) is 23.6. The quantitative estimate of drug-likeness (QED) is 0.126. The van der Waals surface area contributed by atoms with Crippen LogP contribution in [0.5, 0.6) is 0 Å². The molecule has 1 aliphatic heterocycles. The molecular weight excluding hydrogens is 478 g/mol. The molecule has 3 aromatic carbocycles. The highest BCUT2D eigenvalue weighted by atomic mass is 16.6. The van der Waals surface area contributed by atoms with Crippen LogP contribution in [0, 0.1) is 10.1 Å². The first-order chi connectivity index (χ1) is 17.9. The van der Waals surface area contributed by atoms with Gasteiger partial charge in [0, 0.05) is 40.8 Å². The molecule has 1 aromatic heterocycles. The van der Waals surface area contributed by atoms with Crippen molar-refractivity contribution in [2.45, 2.75) is 12.5 Å². The molecular formula is C27H19N3O7. The molecule has 0 aliphatic carbocycles. The Bertz CT molecular complexity index is 1580. The van der Waals surface area contributed by atoms with E-state index in [1.165, 1.54) is 12.1 Å². The van der Waals surface area contributed by atoms with Gasteiger partial charge in [0.05, 0.1) is 16.9 Å². The number of nitro groups is 1. The van der Waals surface area contributed by atoms with Crippen molar-refractivity contribution < 1.29 is 28.8 Å². The summed E-state index contributed by atoms with van der Waals surface area (Å²) >= 11 is 0. The van der Waals surface area contributed by atoms with Gasteiger partial charge in [-0.3, -0.25) is 34.2 Å². The summed E-state index contributed by atoms with van der Waals surface area (Å²) in [6, 6.07) is 19.5. The normalized spacial score (nSPS) is 13.5. The Morgan fingerprint density at radius 3 is 2.43 bits per heavy atom. The number of hydrogen-bond acceptors (Lipinski definition) is 7. The van der Waals surface area contributed by atoms with Crippen molar-refractivity contribution in [2.75, 3.05) is 6.54 Å². The molecule has 1 unspecified atom stereocenters. The highest BCUT2D eigenvalue weighted by Gasteiger charge is 2.41. The van der Waals surface area contributed by atoms with E-state index in [-0.39, 0.29) is 17.7 Å². The number of aromatic nitrogens is 1. The Morgan fingerprint density at radius 2 is 1.68 bits per heavy atom. The van der Waals surface area contributed by atoms with Gasteiger partial charge in [0.2, 0.25) is 5.78 Å². The molecule has 184 valence electrons.